The maximum absolute atomic E-state index is 12.2. The lowest BCUT2D eigenvalue weighted by Gasteiger charge is -2.20. The Morgan fingerprint density at radius 3 is 1.63 bits per heavy atom. The van der Waals surface area contributed by atoms with Gasteiger partial charge in [-0.05, 0) is 38.5 Å². The first-order valence-corrected chi connectivity index (χ1v) is 16.1. The first-order valence-electron chi connectivity index (χ1n) is 14.6. The number of ether oxygens (including phenoxy) is 2. The van der Waals surface area contributed by atoms with Crippen molar-refractivity contribution in [3.8, 4) is 0 Å². The van der Waals surface area contributed by atoms with Crippen LogP contribution in [0.2, 0.25) is 0 Å². The molecule has 236 valence electrons. The summed E-state index contributed by atoms with van der Waals surface area (Å²) in [6.45, 7) is 1.83. The summed E-state index contributed by atoms with van der Waals surface area (Å²) in [5.74, 6) is -1.12. The van der Waals surface area contributed by atoms with E-state index in [1.165, 1.54) is 0 Å². The second-order valence-electron chi connectivity index (χ2n) is 9.35. The van der Waals surface area contributed by atoms with Gasteiger partial charge in [-0.25, -0.2) is 4.57 Å². The van der Waals surface area contributed by atoms with Crippen molar-refractivity contribution < 1.29 is 47.8 Å². The molecule has 3 atom stereocenters. The maximum atomic E-state index is 12.2. The van der Waals surface area contributed by atoms with E-state index >= 15 is 0 Å². The first kappa shape index (κ1) is 38.9. The number of unbranched alkanes of at least 4 members (excludes halogenated alkanes) is 4. The summed E-state index contributed by atoms with van der Waals surface area (Å²) in [5, 5.41) is 18.8. The van der Waals surface area contributed by atoms with Crippen molar-refractivity contribution in [3.05, 3.63) is 48.6 Å². The molecule has 3 unspecified atom stereocenters. The highest BCUT2D eigenvalue weighted by molar-refractivity contribution is 7.47. The van der Waals surface area contributed by atoms with Gasteiger partial charge in [0.25, 0.3) is 0 Å². The zero-order valence-electron chi connectivity index (χ0n) is 24.7. The molecule has 0 radical (unpaired) electrons. The minimum Gasteiger partial charge on any atom is -0.457 e. The molecule has 0 aliphatic heterocycles. The summed E-state index contributed by atoms with van der Waals surface area (Å²) in [6, 6.07) is 0. The van der Waals surface area contributed by atoms with E-state index < -0.39 is 58.4 Å². The van der Waals surface area contributed by atoms with E-state index in [1.54, 1.807) is 0 Å². The number of hydrogen-bond acceptors (Lipinski definition) is 9. The van der Waals surface area contributed by atoms with Gasteiger partial charge in [0.05, 0.1) is 26.4 Å². The van der Waals surface area contributed by atoms with Gasteiger partial charge in [0.15, 0.2) is 0 Å². The van der Waals surface area contributed by atoms with Gasteiger partial charge in [-0.1, -0.05) is 88.1 Å². The summed E-state index contributed by atoms with van der Waals surface area (Å²) >= 11 is 0. The molecule has 0 aromatic carbocycles. The van der Waals surface area contributed by atoms with E-state index in [4.69, 9.17) is 18.5 Å². The molecular formula is C30H51O10P. The minimum atomic E-state index is -4.63. The third-order valence-corrected chi connectivity index (χ3v) is 6.52. The van der Waals surface area contributed by atoms with Crippen LogP contribution < -0.4 is 0 Å². The van der Waals surface area contributed by atoms with E-state index in [2.05, 4.69) is 44.2 Å². The number of phosphoric ester groups is 1. The van der Waals surface area contributed by atoms with Crippen LogP contribution >= 0.6 is 7.82 Å². The Bertz CT molecular complexity index is 837. The Labute approximate surface area is 245 Å². The standard InChI is InChI=1S/C30H51O10P/c1-3-5-7-9-10-11-12-13-14-15-16-18-20-22-30(34)40-28(24-32)26-38-41(35,36)37-25-27(23-31)39-29(33)21-19-17-8-6-4-2/h5,7,10-11,13-14,16,18,27-28,31-32H,3-4,6,8-9,12,15,17,19-26H2,1-2H3,(H,35,36)/b7-5-,11-10-,14-13-,18-16-. The second kappa shape index (κ2) is 26.8. The van der Waals surface area contributed by atoms with Gasteiger partial charge in [0.1, 0.15) is 12.2 Å². The summed E-state index contributed by atoms with van der Waals surface area (Å²) in [4.78, 5) is 33.8. The van der Waals surface area contributed by atoms with E-state index in [0.717, 1.165) is 51.4 Å². The van der Waals surface area contributed by atoms with Crippen molar-refractivity contribution in [3.63, 3.8) is 0 Å². The van der Waals surface area contributed by atoms with E-state index in [-0.39, 0.29) is 12.8 Å². The molecule has 0 aromatic heterocycles. The predicted molar refractivity (Wildman–Crippen MR) is 159 cm³/mol. The number of aliphatic hydroxyl groups is 2. The average Bonchev–Trinajstić information content (AvgIpc) is 2.95. The molecule has 0 aliphatic carbocycles. The molecule has 10 nitrogen and oxygen atoms in total. The summed E-state index contributed by atoms with van der Waals surface area (Å²) in [5.41, 5.74) is 0. The van der Waals surface area contributed by atoms with Crippen LogP contribution in [0.25, 0.3) is 0 Å². The number of esters is 2. The third-order valence-electron chi connectivity index (χ3n) is 5.57. The normalized spacial score (nSPS) is 15.1. The van der Waals surface area contributed by atoms with Crippen molar-refractivity contribution in [1.29, 1.82) is 0 Å². The number of carbonyl (C=O) groups is 2. The number of phosphoric acid groups is 1. The Morgan fingerprint density at radius 1 is 0.683 bits per heavy atom. The van der Waals surface area contributed by atoms with Gasteiger partial charge < -0.3 is 24.6 Å². The lowest BCUT2D eigenvalue weighted by Crippen LogP contribution is -2.28. The van der Waals surface area contributed by atoms with Gasteiger partial charge in [-0.3, -0.25) is 18.6 Å². The lowest BCUT2D eigenvalue weighted by molar-refractivity contribution is -0.153. The highest BCUT2D eigenvalue weighted by Gasteiger charge is 2.27. The monoisotopic (exact) mass is 602 g/mol. The molecule has 0 aliphatic rings. The second-order valence-corrected chi connectivity index (χ2v) is 10.8. The number of allylic oxidation sites excluding steroid dienone is 8. The van der Waals surface area contributed by atoms with Crippen LogP contribution in [0.4, 0.5) is 0 Å². The average molecular weight is 603 g/mol. The highest BCUT2D eigenvalue weighted by atomic mass is 31.2. The van der Waals surface area contributed by atoms with Crippen LogP contribution in [0.3, 0.4) is 0 Å². The topological polar surface area (TPSA) is 149 Å². The van der Waals surface area contributed by atoms with Gasteiger partial charge in [-0.2, -0.15) is 0 Å². The van der Waals surface area contributed by atoms with Crippen LogP contribution in [-0.2, 0) is 32.7 Å². The van der Waals surface area contributed by atoms with Gasteiger partial charge >= 0.3 is 19.8 Å². The summed E-state index contributed by atoms with van der Waals surface area (Å²) in [7, 11) is -4.63. The van der Waals surface area contributed by atoms with Crippen LogP contribution in [0.5, 0.6) is 0 Å². The molecule has 0 rings (SSSR count). The fourth-order valence-electron chi connectivity index (χ4n) is 3.30. The van der Waals surface area contributed by atoms with E-state index in [0.29, 0.717) is 12.8 Å². The van der Waals surface area contributed by atoms with Gasteiger partial charge in [-0.15, -0.1) is 0 Å². The Morgan fingerprint density at radius 2 is 1.15 bits per heavy atom. The smallest absolute Gasteiger partial charge is 0.457 e. The van der Waals surface area contributed by atoms with Gasteiger partial charge in [0.2, 0.25) is 0 Å². The van der Waals surface area contributed by atoms with Crippen molar-refractivity contribution in [1.82, 2.24) is 0 Å². The molecule has 3 N–H and O–H groups in total. The Hall–Kier alpha value is -2.07. The fourth-order valence-corrected chi connectivity index (χ4v) is 4.09. The molecule has 11 heteroatoms. The van der Waals surface area contributed by atoms with Crippen LogP contribution in [0, 0.1) is 0 Å². The highest BCUT2D eigenvalue weighted by Crippen LogP contribution is 2.43. The Kier molecular flexibility index (Phi) is 25.5. The zero-order valence-corrected chi connectivity index (χ0v) is 25.6. The summed E-state index contributed by atoms with van der Waals surface area (Å²) < 4.78 is 31.9. The number of aliphatic hydroxyl groups excluding tert-OH is 2. The molecule has 0 heterocycles. The zero-order chi connectivity index (χ0) is 30.6. The first-order chi connectivity index (χ1) is 19.8. The van der Waals surface area contributed by atoms with E-state index in [9.17, 15) is 29.3 Å². The molecule has 41 heavy (non-hydrogen) atoms. The van der Waals surface area contributed by atoms with Crippen molar-refractivity contribution in [2.45, 2.75) is 103 Å². The van der Waals surface area contributed by atoms with Crippen molar-refractivity contribution in [2.75, 3.05) is 26.4 Å². The number of hydrogen-bond donors (Lipinski definition) is 3. The van der Waals surface area contributed by atoms with Crippen LogP contribution in [0.1, 0.15) is 90.9 Å². The van der Waals surface area contributed by atoms with E-state index in [1.807, 2.05) is 18.2 Å². The lowest BCUT2D eigenvalue weighted by atomic mass is 10.1. The van der Waals surface area contributed by atoms with Crippen molar-refractivity contribution >= 4 is 19.8 Å². The molecule has 0 saturated heterocycles. The van der Waals surface area contributed by atoms with Crippen molar-refractivity contribution in [2.24, 2.45) is 0 Å². The molecule has 0 spiro atoms. The molecule has 0 saturated carbocycles. The van der Waals surface area contributed by atoms with Crippen LogP contribution in [0.15, 0.2) is 48.6 Å². The molecule has 0 amide bonds. The summed E-state index contributed by atoms with van der Waals surface area (Å²) in [6.07, 6.45) is 23.2. The number of carbonyl (C=O) groups excluding carboxylic acids is 2. The SMILES string of the molecule is CC/C=C\C/C=C\C/C=C\C/C=C\CCC(=O)OC(CO)COP(=O)(O)OCC(CO)OC(=O)CCCCCCC. The van der Waals surface area contributed by atoms with Gasteiger partial charge in [0, 0.05) is 12.8 Å². The largest absolute Gasteiger partial charge is 0.472 e. The quantitative estimate of drug-likeness (QED) is 0.0475. The molecular weight excluding hydrogens is 551 g/mol. The molecule has 0 fully saturated rings. The van der Waals surface area contributed by atoms with Crippen LogP contribution in [-0.4, -0.2) is 65.7 Å². The third kappa shape index (κ3) is 25.4. The predicted octanol–water partition coefficient (Wildman–Crippen LogP) is 5.87. The minimum absolute atomic E-state index is 0.0696. The Balaban J connectivity index is 4.21. The maximum Gasteiger partial charge on any atom is 0.472 e. The molecule has 0 bridgehead atoms. The fraction of sp³-hybridized carbons (Fsp3) is 0.667. The number of rotatable bonds is 26. The molecule has 0 aromatic rings.